The lowest BCUT2D eigenvalue weighted by molar-refractivity contribution is 0.154. The van der Waals surface area contributed by atoms with Crippen molar-refractivity contribution < 1.29 is 9.94 Å². The maximum atomic E-state index is 8.85. The monoisotopic (exact) mass is 233 g/mol. The Hall–Kier alpha value is -1.51. The molecule has 1 saturated carbocycles. The van der Waals surface area contributed by atoms with Gasteiger partial charge in [0, 0.05) is 5.56 Å². The van der Waals surface area contributed by atoms with E-state index in [4.69, 9.17) is 9.94 Å². The first-order chi connectivity index (χ1) is 8.31. The van der Waals surface area contributed by atoms with Crippen LogP contribution in [0.15, 0.2) is 29.4 Å². The molecule has 0 saturated heterocycles. The molecule has 2 rings (SSSR count). The molecule has 92 valence electrons. The van der Waals surface area contributed by atoms with Gasteiger partial charge in [-0.3, -0.25) is 0 Å². The van der Waals surface area contributed by atoms with Gasteiger partial charge in [-0.1, -0.05) is 23.7 Å². The van der Waals surface area contributed by atoms with E-state index in [1.54, 1.807) is 6.92 Å². The summed E-state index contributed by atoms with van der Waals surface area (Å²) in [5, 5.41) is 12.1. The van der Waals surface area contributed by atoms with Gasteiger partial charge in [0.15, 0.2) is 0 Å². The van der Waals surface area contributed by atoms with Crippen molar-refractivity contribution in [2.24, 2.45) is 5.16 Å². The first-order valence-electron chi connectivity index (χ1n) is 6.26. The van der Waals surface area contributed by atoms with Gasteiger partial charge in [0.2, 0.25) is 0 Å². The molecule has 0 amide bonds. The van der Waals surface area contributed by atoms with Crippen molar-refractivity contribution in [3.63, 3.8) is 0 Å². The molecule has 1 fully saturated rings. The minimum absolute atomic E-state index is 0.316. The molecule has 0 aliphatic heterocycles. The average molecular weight is 233 g/mol. The summed E-state index contributed by atoms with van der Waals surface area (Å²) in [7, 11) is 0. The zero-order chi connectivity index (χ0) is 12.1. The lowest BCUT2D eigenvalue weighted by Gasteiger charge is -2.24. The predicted molar refractivity (Wildman–Crippen MR) is 67.9 cm³/mol. The summed E-state index contributed by atoms with van der Waals surface area (Å²) in [6.07, 6.45) is 6.39. The van der Waals surface area contributed by atoms with E-state index in [-0.39, 0.29) is 0 Å². The van der Waals surface area contributed by atoms with Crippen LogP contribution in [0.1, 0.15) is 44.6 Å². The van der Waals surface area contributed by atoms with Crippen molar-refractivity contribution in [3.05, 3.63) is 29.8 Å². The quantitative estimate of drug-likeness (QED) is 0.492. The number of benzene rings is 1. The third kappa shape index (κ3) is 2.99. The molecule has 3 heteroatoms. The zero-order valence-electron chi connectivity index (χ0n) is 10.2. The number of rotatable bonds is 3. The van der Waals surface area contributed by atoms with Gasteiger partial charge in [-0.15, -0.1) is 0 Å². The van der Waals surface area contributed by atoms with Crippen LogP contribution in [0, 0.1) is 0 Å². The Morgan fingerprint density at radius 1 is 1.24 bits per heavy atom. The van der Waals surface area contributed by atoms with Gasteiger partial charge in [0.05, 0.1) is 11.8 Å². The van der Waals surface area contributed by atoms with Gasteiger partial charge < -0.3 is 9.94 Å². The SMILES string of the molecule is C/C(=N\O)c1ccccc1OC1CCCCC1. The molecule has 0 heterocycles. The van der Waals surface area contributed by atoms with Crippen LogP contribution in [0.2, 0.25) is 0 Å². The molecule has 3 nitrogen and oxygen atoms in total. The summed E-state index contributed by atoms with van der Waals surface area (Å²) in [4.78, 5) is 0. The molecule has 0 bridgehead atoms. The minimum Gasteiger partial charge on any atom is -0.490 e. The highest BCUT2D eigenvalue weighted by Gasteiger charge is 2.16. The molecule has 1 aromatic rings. The Morgan fingerprint density at radius 3 is 2.65 bits per heavy atom. The number of hydrogen-bond donors (Lipinski definition) is 1. The minimum atomic E-state index is 0.316. The smallest absolute Gasteiger partial charge is 0.128 e. The third-order valence-electron chi connectivity index (χ3n) is 3.27. The van der Waals surface area contributed by atoms with Crippen LogP contribution in [0.4, 0.5) is 0 Å². The number of nitrogens with zero attached hydrogens (tertiary/aromatic N) is 1. The van der Waals surface area contributed by atoms with E-state index in [2.05, 4.69) is 5.16 Å². The van der Waals surface area contributed by atoms with Gasteiger partial charge in [-0.25, -0.2) is 0 Å². The second-order valence-corrected chi connectivity index (χ2v) is 4.56. The van der Waals surface area contributed by atoms with Gasteiger partial charge in [0.25, 0.3) is 0 Å². The summed E-state index contributed by atoms with van der Waals surface area (Å²) in [5.41, 5.74) is 1.47. The Morgan fingerprint density at radius 2 is 1.94 bits per heavy atom. The molecule has 1 aliphatic rings. The molecule has 1 N–H and O–H groups in total. The summed E-state index contributed by atoms with van der Waals surface area (Å²) in [6.45, 7) is 1.78. The van der Waals surface area contributed by atoms with Gasteiger partial charge >= 0.3 is 0 Å². The largest absolute Gasteiger partial charge is 0.490 e. The van der Waals surface area contributed by atoms with Crippen LogP contribution in [-0.4, -0.2) is 17.0 Å². The molecule has 0 aromatic heterocycles. The van der Waals surface area contributed by atoms with Crippen molar-refractivity contribution in [2.45, 2.75) is 45.1 Å². The highest BCUT2D eigenvalue weighted by molar-refractivity contribution is 6.00. The van der Waals surface area contributed by atoms with Crippen LogP contribution in [-0.2, 0) is 0 Å². The Balaban J connectivity index is 2.14. The van der Waals surface area contributed by atoms with Crippen LogP contribution in [0.25, 0.3) is 0 Å². The molecule has 0 radical (unpaired) electrons. The molecule has 17 heavy (non-hydrogen) atoms. The van der Waals surface area contributed by atoms with E-state index >= 15 is 0 Å². The molecular formula is C14H19NO2. The number of oxime groups is 1. The fourth-order valence-corrected chi connectivity index (χ4v) is 2.28. The highest BCUT2D eigenvalue weighted by Crippen LogP contribution is 2.26. The molecular weight excluding hydrogens is 214 g/mol. The molecule has 1 aliphatic carbocycles. The van der Waals surface area contributed by atoms with E-state index in [0.717, 1.165) is 24.2 Å². The molecule has 1 aromatic carbocycles. The first kappa shape index (κ1) is 12.0. The predicted octanol–water partition coefficient (Wildman–Crippen LogP) is 3.60. The van der Waals surface area contributed by atoms with Crippen molar-refractivity contribution in [3.8, 4) is 5.75 Å². The summed E-state index contributed by atoms with van der Waals surface area (Å²) in [5.74, 6) is 0.828. The Bertz CT molecular complexity index is 395. The fraction of sp³-hybridized carbons (Fsp3) is 0.500. The van der Waals surface area contributed by atoms with E-state index in [1.807, 2.05) is 24.3 Å². The topological polar surface area (TPSA) is 41.8 Å². The number of hydrogen-bond acceptors (Lipinski definition) is 3. The zero-order valence-corrected chi connectivity index (χ0v) is 10.2. The molecule has 0 atom stereocenters. The van der Waals surface area contributed by atoms with E-state index in [0.29, 0.717) is 11.8 Å². The van der Waals surface area contributed by atoms with Crippen LogP contribution in [0.3, 0.4) is 0 Å². The van der Waals surface area contributed by atoms with Crippen molar-refractivity contribution in [1.29, 1.82) is 0 Å². The van der Waals surface area contributed by atoms with Gasteiger partial charge in [0.1, 0.15) is 5.75 Å². The van der Waals surface area contributed by atoms with Gasteiger partial charge in [-0.05, 0) is 44.7 Å². The summed E-state index contributed by atoms with van der Waals surface area (Å²) >= 11 is 0. The van der Waals surface area contributed by atoms with Crippen LogP contribution in [0.5, 0.6) is 5.75 Å². The van der Waals surface area contributed by atoms with Crippen molar-refractivity contribution >= 4 is 5.71 Å². The average Bonchev–Trinajstić information content (AvgIpc) is 2.40. The maximum absolute atomic E-state index is 8.85. The molecule has 0 unspecified atom stereocenters. The fourth-order valence-electron chi connectivity index (χ4n) is 2.28. The summed E-state index contributed by atoms with van der Waals surface area (Å²) in [6, 6.07) is 7.75. The second-order valence-electron chi connectivity index (χ2n) is 4.56. The molecule has 0 spiro atoms. The van der Waals surface area contributed by atoms with Crippen LogP contribution < -0.4 is 4.74 Å². The first-order valence-corrected chi connectivity index (χ1v) is 6.26. The third-order valence-corrected chi connectivity index (χ3v) is 3.27. The number of ether oxygens (including phenoxy) is 1. The second kappa shape index (κ2) is 5.71. The highest BCUT2D eigenvalue weighted by atomic mass is 16.5. The Labute approximate surface area is 102 Å². The van der Waals surface area contributed by atoms with E-state index in [9.17, 15) is 0 Å². The van der Waals surface area contributed by atoms with Crippen molar-refractivity contribution in [1.82, 2.24) is 0 Å². The van der Waals surface area contributed by atoms with Gasteiger partial charge in [-0.2, -0.15) is 0 Å². The standard InChI is InChI=1S/C14H19NO2/c1-11(15-16)13-9-5-6-10-14(13)17-12-7-3-2-4-8-12/h5-6,9-10,12,16H,2-4,7-8H2,1H3/b15-11+. The van der Waals surface area contributed by atoms with E-state index in [1.165, 1.54) is 19.3 Å². The van der Waals surface area contributed by atoms with Crippen LogP contribution >= 0.6 is 0 Å². The number of para-hydroxylation sites is 1. The maximum Gasteiger partial charge on any atom is 0.128 e. The summed E-state index contributed by atoms with van der Waals surface area (Å²) < 4.78 is 6.02. The lowest BCUT2D eigenvalue weighted by Crippen LogP contribution is -2.20. The van der Waals surface area contributed by atoms with E-state index < -0.39 is 0 Å². The normalized spacial score (nSPS) is 18.1. The van der Waals surface area contributed by atoms with Crippen molar-refractivity contribution in [2.75, 3.05) is 0 Å². The Kier molecular flexibility index (Phi) is 4.02. The lowest BCUT2D eigenvalue weighted by atomic mass is 9.97.